The predicted molar refractivity (Wildman–Crippen MR) is 83.5 cm³/mol. The number of ether oxygens (including phenoxy) is 1. The average molecular weight is 287 g/mol. The molecule has 0 amide bonds. The second-order valence-electron chi connectivity index (χ2n) is 4.93. The van der Waals surface area contributed by atoms with Crippen LogP contribution in [0.25, 0.3) is 11.3 Å². The maximum atomic E-state index is 5.60. The number of nitrogens with one attached hydrogen (secondary N) is 1. The molecule has 0 aliphatic heterocycles. The molecular formula is C15H21N5O. The molecule has 2 aromatic rings. The normalized spacial score (nSPS) is 10.7. The Morgan fingerprint density at radius 2 is 1.95 bits per heavy atom. The number of aromatic nitrogens is 3. The smallest absolute Gasteiger partial charge is 0.213 e. The fourth-order valence-electron chi connectivity index (χ4n) is 1.78. The Bertz CT molecular complexity index is 539. The van der Waals surface area contributed by atoms with Crippen molar-refractivity contribution >= 4 is 5.82 Å². The SMILES string of the molecule is CNc1cnc(-c2ccc(OCCCN(C)C)nc2)cn1. The molecule has 2 rings (SSSR count). The van der Waals surface area contributed by atoms with Crippen LogP contribution in [0.5, 0.6) is 5.88 Å². The van der Waals surface area contributed by atoms with E-state index in [4.69, 9.17) is 4.74 Å². The van der Waals surface area contributed by atoms with Crippen LogP contribution in [0, 0.1) is 0 Å². The van der Waals surface area contributed by atoms with E-state index in [1.165, 1.54) is 0 Å². The van der Waals surface area contributed by atoms with E-state index in [0.717, 1.165) is 30.0 Å². The number of pyridine rings is 1. The van der Waals surface area contributed by atoms with E-state index in [-0.39, 0.29) is 0 Å². The first-order chi connectivity index (χ1) is 10.2. The summed E-state index contributed by atoms with van der Waals surface area (Å²) in [6.07, 6.45) is 6.15. The molecule has 2 heterocycles. The topological polar surface area (TPSA) is 63.2 Å². The Balaban J connectivity index is 1.91. The van der Waals surface area contributed by atoms with Crippen LogP contribution >= 0.6 is 0 Å². The van der Waals surface area contributed by atoms with Crippen LogP contribution in [0.3, 0.4) is 0 Å². The first-order valence-corrected chi connectivity index (χ1v) is 6.93. The molecule has 6 heteroatoms. The summed E-state index contributed by atoms with van der Waals surface area (Å²) in [5.41, 5.74) is 1.71. The predicted octanol–water partition coefficient (Wildman–Crippen LogP) is 1.91. The Morgan fingerprint density at radius 1 is 1.10 bits per heavy atom. The third-order valence-corrected chi connectivity index (χ3v) is 2.94. The summed E-state index contributed by atoms with van der Waals surface area (Å²) in [5, 5.41) is 2.94. The van der Waals surface area contributed by atoms with Crippen LogP contribution in [0.1, 0.15) is 6.42 Å². The molecule has 0 saturated carbocycles. The van der Waals surface area contributed by atoms with E-state index in [9.17, 15) is 0 Å². The Kier molecular flexibility index (Phi) is 5.45. The van der Waals surface area contributed by atoms with Gasteiger partial charge in [0.05, 0.1) is 24.7 Å². The maximum absolute atomic E-state index is 5.60. The van der Waals surface area contributed by atoms with E-state index >= 15 is 0 Å². The van der Waals surface area contributed by atoms with Gasteiger partial charge in [0.15, 0.2) is 0 Å². The van der Waals surface area contributed by atoms with Crippen molar-refractivity contribution in [1.29, 1.82) is 0 Å². The standard InChI is InChI=1S/C15H21N5O/c1-16-14-11-17-13(10-18-14)12-5-6-15(19-9-12)21-8-4-7-20(2)3/h5-6,9-11H,4,7-8H2,1-3H3,(H,16,18). The minimum atomic E-state index is 0.636. The van der Waals surface area contributed by atoms with Crippen LogP contribution in [0.4, 0.5) is 5.82 Å². The van der Waals surface area contributed by atoms with E-state index in [1.54, 1.807) is 18.6 Å². The van der Waals surface area contributed by atoms with Crippen molar-refractivity contribution in [3.63, 3.8) is 0 Å². The molecule has 6 nitrogen and oxygen atoms in total. The Morgan fingerprint density at radius 3 is 2.52 bits per heavy atom. The molecule has 0 saturated heterocycles. The second-order valence-corrected chi connectivity index (χ2v) is 4.93. The lowest BCUT2D eigenvalue weighted by Gasteiger charge is -2.10. The van der Waals surface area contributed by atoms with Gasteiger partial charge in [-0.1, -0.05) is 0 Å². The molecule has 0 aliphatic rings. The molecule has 1 N–H and O–H groups in total. The van der Waals surface area contributed by atoms with Crippen molar-refractivity contribution in [2.45, 2.75) is 6.42 Å². The molecule has 0 bridgehead atoms. The molecule has 112 valence electrons. The molecule has 0 spiro atoms. The van der Waals surface area contributed by atoms with Crippen molar-refractivity contribution in [3.05, 3.63) is 30.7 Å². The lowest BCUT2D eigenvalue weighted by molar-refractivity contribution is 0.273. The van der Waals surface area contributed by atoms with Gasteiger partial charge in [0.1, 0.15) is 5.82 Å². The minimum absolute atomic E-state index is 0.636. The zero-order chi connectivity index (χ0) is 15.1. The molecule has 0 unspecified atom stereocenters. The van der Waals surface area contributed by atoms with Crippen LogP contribution in [0.15, 0.2) is 30.7 Å². The van der Waals surface area contributed by atoms with E-state index in [1.807, 2.05) is 33.3 Å². The van der Waals surface area contributed by atoms with Crippen LogP contribution in [-0.4, -0.2) is 54.1 Å². The van der Waals surface area contributed by atoms with Crippen molar-refractivity contribution in [2.24, 2.45) is 0 Å². The van der Waals surface area contributed by atoms with E-state index in [0.29, 0.717) is 12.5 Å². The molecule has 0 aliphatic carbocycles. The summed E-state index contributed by atoms with van der Waals surface area (Å²) in [5.74, 6) is 1.38. The molecule has 21 heavy (non-hydrogen) atoms. The van der Waals surface area contributed by atoms with E-state index < -0.39 is 0 Å². The monoisotopic (exact) mass is 287 g/mol. The van der Waals surface area contributed by atoms with Gasteiger partial charge in [-0.3, -0.25) is 4.98 Å². The number of nitrogens with zero attached hydrogens (tertiary/aromatic N) is 4. The average Bonchev–Trinajstić information content (AvgIpc) is 2.52. The third kappa shape index (κ3) is 4.68. The highest BCUT2D eigenvalue weighted by atomic mass is 16.5. The summed E-state index contributed by atoms with van der Waals surface area (Å²) in [7, 11) is 5.91. The molecule has 0 fully saturated rings. The molecule has 2 aromatic heterocycles. The van der Waals surface area contributed by atoms with Gasteiger partial charge in [-0.2, -0.15) is 0 Å². The largest absolute Gasteiger partial charge is 0.478 e. The summed E-state index contributed by atoms with van der Waals surface area (Å²) in [6.45, 7) is 1.67. The number of hydrogen-bond donors (Lipinski definition) is 1. The fourth-order valence-corrected chi connectivity index (χ4v) is 1.78. The van der Waals surface area contributed by atoms with Gasteiger partial charge >= 0.3 is 0 Å². The fraction of sp³-hybridized carbons (Fsp3) is 0.400. The van der Waals surface area contributed by atoms with Gasteiger partial charge in [-0.15, -0.1) is 0 Å². The molecule has 0 atom stereocenters. The third-order valence-electron chi connectivity index (χ3n) is 2.94. The summed E-state index contributed by atoms with van der Waals surface area (Å²) >= 11 is 0. The van der Waals surface area contributed by atoms with Gasteiger partial charge < -0.3 is 15.0 Å². The van der Waals surface area contributed by atoms with Gasteiger partial charge in [0.2, 0.25) is 5.88 Å². The highest BCUT2D eigenvalue weighted by Gasteiger charge is 2.02. The number of anilines is 1. The molecular weight excluding hydrogens is 266 g/mol. The summed E-state index contributed by atoms with van der Waals surface area (Å²) < 4.78 is 5.60. The van der Waals surface area contributed by atoms with Crippen molar-refractivity contribution < 1.29 is 4.74 Å². The first kappa shape index (κ1) is 15.2. The number of hydrogen-bond acceptors (Lipinski definition) is 6. The Hall–Kier alpha value is -2.21. The summed E-state index contributed by atoms with van der Waals surface area (Å²) in [6, 6.07) is 3.80. The quantitative estimate of drug-likeness (QED) is 0.785. The first-order valence-electron chi connectivity index (χ1n) is 6.93. The second kappa shape index (κ2) is 7.54. The lowest BCUT2D eigenvalue weighted by Crippen LogP contribution is -2.15. The highest BCUT2D eigenvalue weighted by Crippen LogP contribution is 2.18. The van der Waals surface area contributed by atoms with Gasteiger partial charge in [0.25, 0.3) is 0 Å². The van der Waals surface area contributed by atoms with Crippen LogP contribution in [0.2, 0.25) is 0 Å². The van der Waals surface area contributed by atoms with Crippen LogP contribution in [-0.2, 0) is 0 Å². The minimum Gasteiger partial charge on any atom is -0.478 e. The van der Waals surface area contributed by atoms with Crippen molar-refractivity contribution in [3.8, 4) is 17.1 Å². The zero-order valence-electron chi connectivity index (χ0n) is 12.7. The van der Waals surface area contributed by atoms with E-state index in [2.05, 4.69) is 25.2 Å². The Labute approximate surface area is 125 Å². The van der Waals surface area contributed by atoms with Gasteiger partial charge in [-0.25, -0.2) is 9.97 Å². The van der Waals surface area contributed by atoms with Crippen molar-refractivity contribution in [2.75, 3.05) is 39.6 Å². The van der Waals surface area contributed by atoms with Gasteiger partial charge in [0, 0.05) is 31.4 Å². The zero-order valence-corrected chi connectivity index (χ0v) is 12.7. The molecule has 0 radical (unpaired) electrons. The maximum Gasteiger partial charge on any atom is 0.213 e. The molecule has 0 aromatic carbocycles. The van der Waals surface area contributed by atoms with Gasteiger partial charge in [-0.05, 0) is 26.6 Å². The van der Waals surface area contributed by atoms with Crippen LogP contribution < -0.4 is 10.1 Å². The number of rotatable bonds is 7. The summed E-state index contributed by atoms with van der Waals surface area (Å²) in [4.78, 5) is 15.0. The lowest BCUT2D eigenvalue weighted by atomic mass is 10.2. The highest BCUT2D eigenvalue weighted by molar-refractivity contribution is 5.57. The van der Waals surface area contributed by atoms with Crippen molar-refractivity contribution in [1.82, 2.24) is 19.9 Å².